The van der Waals surface area contributed by atoms with Gasteiger partial charge in [-0.25, -0.2) is 9.38 Å². The second kappa shape index (κ2) is 15.2. The molecule has 2 aliphatic rings. The molecular formula is C33H46FN5O3. The first kappa shape index (κ1) is 33.1. The third-order valence-corrected chi connectivity index (χ3v) is 8.22. The van der Waals surface area contributed by atoms with E-state index in [9.17, 15) is 9.18 Å². The molecule has 8 nitrogen and oxygen atoms in total. The maximum absolute atomic E-state index is 13.0. The molecule has 0 bridgehead atoms. The molecule has 3 N–H and O–H groups in total. The van der Waals surface area contributed by atoms with Gasteiger partial charge in [0.25, 0.3) is 5.91 Å². The van der Waals surface area contributed by atoms with Gasteiger partial charge < -0.3 is 20.5 Å². The number of benzene rings is 1. The van der Waals surface area contributed by atoms with Crippen LogP contribution in [0.25, 0.3) is 5.57 Å². The van der Waals surface area contributed by atoms with Gasteiger partial charge >= 0.3 is 0 Å². The number of halogens is 1. The van der Waals surface area contributed by atoms with Crippen molar-refractivity contribution in [1.29, 1.82) is 0 Å². The van der Waals surface area contributed by atoms with Gasteiger partial charge in [0.05, 0.1) is 30.6 Å². The molecule has 1 aliphatic carbocycles. The molecule has 1 saturated heterocycles. The number of aromatic nitrogens is 1. The van der Waals surface area contributed by atoms with Gasteiger partial charge in [0.2, 0.25) is 0 Å². The van der Waals surface area contributed by atoms with Crippen LogP contribution in [0, 0.1) is 25.2 Å². The van der Waals surface area contributed by atoms with E-state index in [1.807, 2.05) is 51.1 Å². The maximum atomic E-state index is 13.0. The summed E-state index contributed by atoms with van der Waals surface area (Å²) < 4.78 is 23.3. The van der Waals surface area contributed by atoms with E-state index in [1.165, 1.54) is 26.0 Å². The Balaban J connectivity index is 0.000000521. The Kier molecular flexibility index (Phi) is 11.9. The predicted molar refractivity (Wildman–Crippen MR) is 169 cm³/mol. The Bertz CT molecular complexity index is 1300. The molecule has 1 unspecified atom stereocenters. The van der Waals surface area contributed by atoms with Crippen molar-refractivity contribution in [3.05, 3.63) is 65.1 Å². The Hall–Kier alpha value is -3.43. The zero-order valence-electron chi connectivity index (χ0n) is 26.0. The number of carbonyl (C=O) groups is 1. The number of aliphatic imine (C=N–C) groups is 2. The Morgan fingerprint density at radius 1 is 1.24 bits per heavy atom. The Labute approximate surface area is 249 Å². The molecule has 1 aromatic heterocycles. The number of hydrogen-bond acceptors (Lipinski definition) is 6. The summed E-state index contributed by atoms with van der Waals surface area (Å²) in [5.41, 5.74) is 11.3. The van der Waals surface area contributed by atoms with Crippen LogP contribution in [0.1, 0.15) is 75.8 Å². The number of ether oxygens (including phenoxy) is 2. The van der Waals surface area contributed by atoms with E-state index in [4.69, 9.17) is 20.2 Å². The fourth-order valence-electron chi connectivity index (χ4n) is 4.88. The normalized spacial score (nSPS) is 20.9. The number of nitrogens with zero attached hydrogens (tertiary/aromatic N) is 3. The smallest absolute Gasteiger partial charge is 0.259 e. The molecule has 1 aliphatic heterocycles. The van der Waals surface area contributed by atoms with Crippen molar-refractivity contribution in [2.45, 2.75) is 79.7 Å². The monoisotopic (exact) mass is 579 g/mol. The van der Waals surface area contributed by atoms with E-state index in [-0.39, 0.29) is 23.5 Å². The highest BCUT2D eigenvalue weighted by Gasteiger charge is 2.34. The first-order valence-electron chi connectivity index (χ1n) is 14.7. The third-order valence-electron chi connectivity index (χ3n) is 8.22. The molecule has 0 radical (unpaired) electrons. The maximum Gasteiger partial charge on any atom is 0.259 e. The topological polar surface area (TPSA) is 111 Å². The van der Waals surface area contributed by atoms with Crippen LogP contribution in [0.15, 0.2) is 52.7 Å². The first-order chi connectivity index (χ1) is 20.0. The zero-order chi connectivity index (χ0) is 30.9. The SMILES string of the molecule is CCC1(CC)COC1.CN=C(N=C(C)C1CC(OC(C)F)C1)c1ccc(C)c(NC(=O)/C(=C/N)c2cc(C)ccn2)c1. The van der Waals surface area contributed by atoms with E-state index in [1.54, 1.807) is 13.2 Å². The minimum atomic E-state index is -1.26. The number of carbonyl (C=O) groups excluding carboxylic acids is 1. The number of hydrogen-bond donors (Lipinski definition) is 2. The van der Waals surface area contributed by atoms with Crippen LogP contribution < -0.4 is 11.1 Å². The summed E-state index contributed by atoms with van der Waals surface area (Å²) in [5, 5.41) is 2.94. The van der Waals surface area contributed by atoms with Gasteiger partial charge in [0.15, 0.2) is 12.2 Å². The van der Waals surface area contributed by atoms with Crippen molar-refractivity contribution >= 4 is 28.7 Å². The number of amides is 1. The zero-order valence-corrected chi connectivity index (χ0v) is 26.0. The second-order valence-corrected chi connectivity index (χ2v) is 11.3. The number of nitrogens with two attached hydrogens (primary N) is 1. The van der Waals surface area contributed by atoms with Crippen molar-refractivity contribution in [3.8, 4) is 0 Å². The molecule has 228 valence electrons. The van der Waals surface area contributed by atoms with Gasteiger partial charge in [0, 0.05) is 47.7 Å². The summed E-state index contributed by atoms with van der Waals surface area (Å²) in [7, 11) is 1.68. The van der Waals surface area contributed by atoms with Crippen LogP contribution in [0.4, 0.5) is 10.1 Å². The largest absolute Gasteiger partial charge is 0.404 e. The molecule has 42 heavy (non-hydrogen) atoms. The van der Waals surface area contributed by atoms with Crippen LogP contribution in [0.3, 0.4) is 0 Å². The van der Waals surface area contributed by atoms with Crippen molar-refractivity contribution in [2.24, 2.45) is 27.1 Å². The summed E-state index contributed by atoms with van der Waals surface area (Å²) in [6.07, 6.45) is 5.65. The average molecular weight is 580 g/mol. The van der Waals surface area contributed by atoms with E-state index in [2.05, 4.69) is 29.1 Å². The van der Waals surface area contributed by atoms with Gasteiger partial charge in [-0.3, -0.25) is 14.8 Å². The summed E-state index contributed by atoms with van der Waals surface area (Å²) in [6, 6.07) is 9.35. The van der Waals surface area contributed by atoms with Crippen LogP contribution in [-0.4, -0.2) is 55.2 Å². The number of nitrogens with one attached hydrogen (secondary N) is 1. The molecule has 1 saturated carbocycles. The van der Waals surface area contributed by atoms with E-state index in [0.717, 1.165) is 48.5 Å². The molecule has 1 atom stereocenters. The van der Waals surface area contributed by atoms with Crippen molar-refractivity contribution < 1.29 is 18.7 Å². The number of rotatable bonds is 9. The van der Waals surface area contributed by atoms with E-state index >= 15 is 0 Å². The van der Waals surface area contributed by atoms with Crippen LogP contribution >= 0.6 is 0 Å². The Morgan fingerprint density at radius 2 is 1.93 bits per heavy atom. The van der Waals surface area contributed by atoms with E-state index < -0.39 is 6.36 Å². The molecule has 1 amide bonds. The molecule has 2 heterocycles. The molecular weight excluding hydrogens is 533 g/mol. The number of aryl methyl sites for hydroxylation is 2. The standard InChI is InChI=1S/C26H32FN5O2.C7H14O/c1-15-8-9-30-24(10-15)22(14-28)26(33)32-23-13-19(7-6-16(23)2)25(29-5)31-17(3)20-11-21(12-20)34-18(4)27;1-3-7(4-2)5-8-6-7/h6-10,13-14,18,20-21H,11-12,28H2,1-5H3,(H,32,33);3-6H2,1-2H3/b22-14+,29-25?,31-17?;. The summed E-state index contributed by atoms with van der Waals surface area (Å²) >= 11 is 0. The second-order valence-electron chi connectivity index (χ2n) is 11.3. The van der Waals surface area contributed by atoms with Crippen LogP contribution in [-0.2, 0) is 14.3 Å². The number of alkyl halides is 1. The summed E-state index contributed by atoms with van der Waals surface area (Å²) in [5.74, 6) is 0.452. The van der Waals surface area contributed by atoms with Gasteiger partial charge in [-0.15, -0.1) is 0 Å². The van der Waals surface area contributed by atoms with Gasteiger partial charge in [-0.1, -0.05) is 26.0 Å². The lowest BCUT2D eigenvalue weighted by molar-refractivity contribution is -0.116. The van der Waals surface area contributed by atoms with Crippen LogP contribution in [0.5, 0.6) is 0 Å². The first-order valence-corrected chi connectivity index (χ1v) is 14.7. The van der Waals surface area contributed by atoms with Gasteiger partial charge in [-0.05, 0) is 82.7 Å². The minimum absolute atomic E-state index is 0.0638. The quantitative estimate of drug-likeness (QED) is 0.203. The molecule has 2 fully saturated rings. The molecule has 2 aromatic rings. The lowest BCUT2D eigenvalue weighted by Gasteiger charge is -2.39. The van der Waals surface area contributed by atoms with Crippen molar-refractivity contribution in [3.63, 3.8) is 0 Å². The lowest BCUT2D eigenvalue weighted by atomic mass is 9.79. The highest BCUT2D eigenvalue weighted by Crippen LogP contribution is 2.34. The fourth-order valence-corrected chi connectivity index (χ4v) is 4.88. The third kappa shape index (κ3) is 8.55. The minimum Gasteiger partial charge on any atom is -0.404 e. The van der Waals surface area contributed by atoms with Gasteiger partial charge in [0.1, 0.15) is 0 Å². The predicted octanol–water partition coefficient (Wildman–Crippen LogP) is 6.41. The number of pyridine rings is 1. The summed E-state index contributed by atoms with van der Waals surface area (Å²) in [4.78, 5) is 26.3. The molecule has 1 aromatic carbocycles. The average Bonchev–Trinajstić information content (AvgIpc) is 2.91. The molecule has 4 rings (SSSR count). The lowest BCUT2D eigenvalue weighted by Crippen LogP contribution is -2.41. The van der Waals surface area contributed by atoms with Crippen molar-refractivity contribution in [2.75, 3.05) is 25.6 Å². The highest BCUT2D eigenvalue weighted by molar-refractivity contribution is 6.25. The van der Waals surface area contributed by atoms with Crippen LogP contribution in [0.2, 0.25) is 0 Å². The van der Waals surface area contributed by atoms with E-state index in [0.29, 0.717) is 22.6 Å². The Morgan fingerprint density at radius 3 is 2.43 bits per heavy atom. The fraction of sp³-hybridized carbons (Fsp3) is 0.515. The van der Waals surface area contributed by atoms with Gasteiger partial charge in [-0.2, -0.15) is 0 Å². The van der Waals surface area contributed by atoms with Crippen molar-refractivity contribution in [1.82, 2.24) is 4.98 Å². The number of amidine groups is 1. The number of anilines is 1. The molecule has 0 spiro atoms. The highest BCUT2D eigenvalue weighted by atomic mass is 19.1. The molecule has 9 heteroatoms. The summed E-state index contributed by atoms with van der Waals surface area (Å²) in [6.45, 7) is 13.7.